The minimum Gasteiger partial charge on any atom is -0.495 e. The highest BCUT2D eigenvalue weighted by atomic mass is 35.5. The zero-order chi connectivity index (χ0) is 20.1. The summed E-state index contributed by atoms with van der Waals surface area (Å²) in [6, 6.07) is 14.5. The van der Waals surface area contributed by atoms with E-state index in [0.29, 0.717) is 28.3 Å². The minimum atomic E-state index is -0.358. The molecule has 0 atom stereocenters. The molecular formula is C21H21ClN4O2. The summed E-state index contributed by atoms with van der Waals surface area (Å²) in [5.74, 6) is 0.879. The van der Waals surface area contributed by atoms with E-state index in [1.54, 1.807) is 30.5 Å². The number of carbonyl (C=O) groups is 1. The number of methoxy groups -OCH3 is 1. The van der Waals surface area contributed by atoms with Gasteiger partial charge < -0.3 is 15.4 Å². The zero-order valence-electron chi connectivity index (χ0n) is 15.9. The summed E-state index contributed by atoms with van der Waals surface area (Å²) in [5, 5.41) is 6.38. The van der Waals surface area contributed by atoms with E-state index in [1.165, 1.54) is 7.11 Å². The van der Waals surface area contributed by atoms with Crippen molar-refractivity contribution >= 4 is 34.8 Å². The summed E-state index contributed by atoms with van der Waals surface area (Å²) in [6.07, 6.45) is 1.54. The Balaban J connectivity index is 1.78. The van der Waals surface area contributed by atoms with Gasteiger partial charge in [-0.1, -0.05) is 43.6 Å². The van der Waals surface area contributed by atoms with Gasteiger partial charge in [-0.05, 0) is 41.8 Å². The van der Waals surface area contributed by atoms with Gasteiger partial charge in [0.25, 0.3) is 5.91 Å². The van der Waals surface area contributed by atoms with Crippen molar-refractivity contribution in [3.63, 3.8) is 0 Å². The van der Waals surface area contributed by atoms with Crippen LogP contribution < -0.4 is 15.4 Å². The summed E-state index contributed by atoms with van der Waals surface area (Å²) in [4.78, 5) is 21.1. The molecule has 0 aliphatic rings. The Morgan fingerprint density at radius 1 is 1.14 bits per heavy atom. The second-order valence-corrected chi connectivity index (χ2v) is 6.84. The molecule has 1 aromatic heterocycles. The van der Waals surface area contributed by atoms with Crippen LogP contribution in [0, 0.1) is 0 Å². The summed E-state index contributed by atoms with van der Waals surface area (Å²) in [6.45, 7) is 4.23. The molecule has 0 bridgehead atoms. The van der Waals surface area contributed by atoms with Crippen LogP contribution in [0.2, 0.25) is 5.02 Å². The van der Waals surface area contributed by atoms with Crippen LogP contribution in [0.15, 0.2) is 54.7 Å². The fraction of sp³-hybridized carbons (Fsp3) is 0.190. The monoisotopic (exact) mass is 396 g/mol. The van der Waals surface area contributed by atoms with Gasteiger partial charge in [-0.15, -0.1) is 0 Å². The van der Waals surface area contributed by atoms with E-state index in [2.05, 4.69) is 40.5 Å². The third-order valence-corrected chi connectivity index (χ3v) is 4.42. The molecule has 2 N–H and O–H groups in total. The van der Waals surface area contributed by atoms with Crippen molar-refractivity contribution in [2.24, 2.45) is 0 Å². The Kier molecular flexibility index (Phi) is 6.11. The molecule has 28 heavy (non-hydrogen) atoms. The maximum absolute atomic E-state index is 12.6. The van der Waals surface area contributed by atoms with E-state index in [1.807, 2.05) is 18.2 Å². The van der Waals surface area contributed by atoms with Crippen LogP contribution in [0.1, 0.15) is 35.8 Å². The van der Waals surface area contributed by atoms with E-state index in [9.17, 15) is 4.79 Å². The van der Waals surface area contributed by atoms with Crippen LogP contribution in [0.5, 0.6) is 5.75 Å². The standard InChI is InChI=1S/C21H21ClN4O2/c1-13(2)15-6-4-5-7-17(15)25-21-23-11-10-18(26-21)20(27)24-14-8-9-19(28-3)16(22)12-14/h4-13H,1-3H3,(H,24,27)(H,23,25,26). The van der Waals surface area contributed by atoms with E-state index >= 15 is 0 Å². The number of benzene rings is 2. The Morgan fingerprint density at radius 3 is 2.64 bits per heavy atom. The topological polar surface area (TPSA) is 76.1 Å². The van der Waals surface area contributed by atoms with Crippen LogP contribution in [0.4, 0.5) is 17.3 Å². The van der Waals surface area contributed by atoms with Gasteiger partial charge in [0.2, 0.25) is 5.95 Å². The van der Waals surface area contributed by atoms with Crippen LogP contribution in [-0.4, -0.2) is 23.0 Å². The number of hydrogen-bond donors (Lipinski definition) is 2. The maximum atomic E-state index is 12.6. The van der Waals surface area contributed by atoms with Gasteiger partial charge in [0.05, 0.1) is 12.1 Å². The van der Waals surface area contributed by atoms with E-state index in [4.69, 9.17) is 16.3 Å². The highest BCUT2D eigenvalue weighted by Gasteiger charge is 2.12. The molecule has 0 unspecified atom stereocenters. The molecule has 3 aromatic rings. The first kappa shape index (κ1) is 19.6. The molecule has 2 aromatic carbocycles. The van der Waals surface area contributed by atoms with Crippen molar-refractivity contribution in [1.82, 2.24) is 9.97 Å². The van der Waals surface area contributed by atoms with E-state index in [0.717, 1.165) is 11.3 Å². The van der Waals surface area contributed by atoms with Crippen molar-refractivity contribution in [2.45, 2.75) is 19.8 Å². The fourth-order valence-electron chi connectivity index (χ4n) is 2.72. The normalized spacial score (nSPS) is 10.6. The van der Waals surface area contributed by atoms with Gasteiger partial charge in [-0.25, -0.2) is 9.97 Å². The van der Waals surface area contributed by atoms with Crippen LogP contribution in [0.3, 0.4) is 0 Å². The minimum absolute atomic E-state index is 0.242. The van der Waals surface area contributed by atoms with Crippen molar-refractivity contribution in [3.8, 4) is 5.75 Å². The number of halogens is 1. The lowest BCUT2D eigenvalue weighted by atomic mass is 10.0. The number of rotatable bonds is 6. The Bertz CT molecular complexity index is 992. The van der Waals surface area contributed by atoms with Crippen molar-refractivity contribution < 1.29 is 9.53 Å². The quantitative estimate of drug-likeness (QED) is 0.594. The molecule has 1 amide bonds. The molecule has 3 rings (SSSR count). The molecule has 0 radical (unpaired) electrons. The number of para-hydroxylation sites is 1. The molecule has 0 saturated heterocycles. The average molecular weight is 397 g/mol. The van der Waals surface area contributed by atoms with E-state index < -0.39 is 0 Å². The molecule has 7 heteroatoms. The molecule has 0 aliphatic carbocycles. The van der Waals surface area contributed by atoms with Crippen LogP contribution in [0.25, 0.3) is 0 Å². The summed E-state index contributed by atoms with van der Waals surface area (Å²) < 4.78 is 5.11. The predicted molar refractivity (Wildman–Crippen MR) is 112 cm³/mol. The second-order valence-electron chi connectivity index (χ2n) is 6.44. The third kappa shape index (κ3) is 4.58. The van der Waals surface area contributed by atoms with Gasteiger partial charge in [0.15, 0.2) is 0 Å². The number of anilines is 3. The summed E-state index contributed by atoms with van der Waals surface area (Å²) in [5.41, 5.74) is 2.85. The Labute approximate surface area is 168 Å². The lowest BCUT2D eigenvalue weighted by Crippen LogP contribution is -2.15. The zero-order valence-corrected chi connectivity index (χ0v) is 16.6. The number of carbonyl (C=O) groups excluding carboxylic acids is 1. The van der Waals surface area contributed by atoms with Gasteiger partial charge in [-0.2, -0.15) is 0 Å². The molecular weight excluding hydrogens is 376 g/mol. The Hall–Kier alpha value is -3.12. The molecule has 0 fully saturated rings. The first-order valence-corrected chi connectivity index (χ1v) is 9.19. The number of amides is 1. The van der Waals surface area contributed by atoms with Gasteiger partial charge in [0, 0.05) is 17.6 Å². The molecule has 144 valence electrons. The lowest BCUT2D eigenvalue weighted by Gasteiger charge is -2.14. The van der Waals surface area contributed by atoms with Gasteiger partial charge >= 0.3 is 0 Å². The largest absolute Gasteiger partial charge is 0.495 e. The number of nitrogens with zero attached hydrogens (tertiary/aromatic N) is 2. The number of hydrogen-bond acceptors (Lipinski definition) is 5. The van der Waals surface area contributed by atoms with Gasteiger partial charge in [0.1, 0.15) is 11.4 Å². The fourth-order valence-corrected chi connectivity index (χ4v) is 2.98. The first-order valence-electron chi connectivity index (χ1n) is 8.82. The summed E-state index contributed by atoms with van der Waals surface area (Å²) in [7, 11) is 1.53. The van der Waals surface area contributed by atoms with Crippen LogP contribution in [-0.2, 0) is 0 Å². The Morgan fingerprint density at radius 2 is 1.93 bits per heavy atom. The van der Waals surface area contributed by atoms with Crippen molar-refractivity contribution in [2.75, 3.05) is 17.7 Å². The van der Waals surface area contributed by atoms with Crippen molar-refractivity contribution in [1.29, 1.82) is 0 Å². The third-order valence-electron chi connectivity index (χ3n) is 4.13. The predicted octanol–water partition coefficient (Wildman–Crippen LogP) is 5.26. The molecule has 0 aliphatic heterocycles. The first-order chi connectivity index (χ1) is 13.5. The molecule has 6 nitrogen and oxygen atoms in total. The second kappa shape index (κ2) is 8.71. The maximum Gasteiger partial charge on any atom is 0.274 e. The smallest absolute Gasteiger partial charge is 0.274 e. The summed E-state index contributed by atoms with van der Waals surface area (Å²) >= 11 is 6.10. The molecule has 0 saturated carbocycles. The highest BCUT2D eigenvalue weighted by Crippen LogP contribution is 2.28. The number of ether oxygens (including phenoxy) is 1. The van der Waals surface area contributed by atoms with Gasteiger partial charge in [-0.3, -0.25) is 4.79 Å². The van der Waals surface area contributed by atoms with Crippen molar-refractivity contribution in [3.05, 3.63) is 71.0 Å². The SMILES string of the molecule is COc1ccc(NC(=O)c2ccnc(Nc3ccccc3C(C)C)n2)cc1Cl. The van der Waals surface area contributed by atoms with E-state index in [-0.39, 0.29) is 11.6 Å². The lowest BCUT2D eigenvalue weighted by molar-refractivity contribution is 0.102. The molecule has 0 spiro atoms. The average Bonchev–Trinajstić information content (AvgIpc) is 2.68. The van der Waals surface area contributed by atoms with Crippen LogP contribution >= 0.6 is 11.6 Å². The number of nitrogens with one attached hydrogen (secondary N) is 2. The molecule has 1 heterocycles. The number of aromatic nitrogens is 2. The highest BCUT2D eigenvalue weighted by molar-refractivity contribution is 6.32.